The van der Waals surface area contributed by atoms with Crippen LogP contribution in [0.25, 0.3) is 0 Å². The topological polar surface area (TPSA) is 96.4 Å². The molecule has 3 heterocycles. The van der Waals surface area contributed by atoms with Gasteiger partial charge >= 0.3 is 0 Å². The zero-order chi connectivity index (χ0) is 21.5. The number of hydrogen-bond acceptors (Lipinski definition) is 6. The number of aryl methyl sites for hydroxylation is 1. The summed E-state index contributed by atoms with van der Waals surface area (Å²) in [6.45, 7) is 2.21. The molecule has 1 N–H and O–H groups in total. The number of nitrogens with zero attached hydrogens (tertiary/aromatic N) is 2. The van der Waals surface area contributed by atoms with Gasteiger partial charge in [-0.3, -0.25) is 9.59 Å². The summed E-state index contributed by atoms with van der Waals surface area (Å²) in [6.07, 6.45) is 2.88. The molecule has 4 rings (SSSR count). The number of carbonyl (C=O) groups excluding carboxylic acids is 2. The Hall–Kier alpha value is -1.97. The van der Waals surface area contributed by atoms with Crippen LogP contribution in [0.3, 0.4) is 0 Å². The van der Waals surface area contributed by atoms with Crippen molar-refractivity contribution in [2.45, 2.75) is 32.2 Å². The van der Waals surface area contributed by atoms with Gasteiger partial charge in [0.05, 0.1) is 17.4 Å². The minimum absolute atomic E-state index is 0.00949. The number of nitrogens with one attached hydrogen (secondary N) is 1. The zero-order valence-corrected chi connectivity index (χ0v) is 18.8. The van der Waals surface area contributed by atoms with Crippen LogP contribution in [0, 0.1) is 12.8 Å². The fourth-order valence-electron chi connectivity index (χ4n) is 3.97. The summed E-state index contributed by atoms with van der Waals surface area (Å²) >= 11 is 7.74. The van der Waals surface area contributed by atoms with Crippen LogP contribution in [0.1, 0.15) is 28.8 Å². The summed E-state index contributed by atoms with van der Waals surface area (Å²) in [4.78, 5) is 31.8. The van der Waals surface area contributed by atoms with Gasteiger partial charge in [0.15, 0.2) is 15.0 Å². The van der Waals surface area contributed by atoms with Crippen LogP contribution in [0.5, 0.6) is 0 Å². The molecule has 2 unspecified atom stereocenters. The first kappa shape index (κ1) is 21.3. The quantitative estimate of drug-likeness (QED) is 0.729. The first-order valence-electron chi connectivity index (χ1n) is 9.71. The Bertz CT molecular complexity index is 1100. The monoisotopic (exact) mass is 467 g/mol. The molecule has 1 aromatic heterocycles. The average molecular weight is 468 g/mol. The number of likely N-dealkylation sites (tertiary alicyclic amines) is 1. The van der Waals surface area contributed by atoms with E-state index in [1.807, 2.05) is 25.1 Å². The van der Waals surface area contributed by atoms with Crippen LogP contribution in [0.15, 0.2) is 24.4 Å². The molecule has 30 heavy (non-hydrogen) atoms. The van der Waals surface area contributed by atoms with E-state index in [9.17, 15) is 18.0 Å². The molecule has 2 saturated heterocycles. The highest BCUT2D eigenvalue weighted by Gasteiger charge is 2.42. The van der Waals surface area contributed by atoms with Crippen LogP contribution >= 0.6 is 22.9 Å². The molecule has 10 heteroatoms. The first-order chi connectivity index (χ1) is 14.2. The molecule has 2 fully saturated rings. The largest absolute Gasteiger partial charge is 0.338 e. The molecule has 0 bridgehead atoms. The van der Waals surface area contributed by atoms with Gasteiger partial charge in [-0.25, -0.2) is 13.4 Å². The molecule has 2 aromatic rings. The molecule has 0 spiro atoms. The SMILES string of the molecule is Cc1cccc(Cc2cnc(NC(=O)C3CC(=O)N(C4CCS(=O)(=O)C4)C3)s2)c1Cl. The van der Waals surface area contributed by atoms with E-state index in [1.54, 1.807) is 11.1 Å². The number of carbonyl (C=O) groups is 2. The van der Waals surface area contributed by atoms with Crippen molar-refractivity contribution in [2.24, 2.45) is 5.92 Å². The van der Waals surface area contributed by atoms with Crippen LogP contribution in [0.4, 0.5) is 5.13 Å². The number of hydrogen-bond donors (Lipinski definition) is 1. The van der Waals surface area contributed by atoms with Crippen molar-refractivity contribution in [1.82, 2.24) is 9.88 Å². The number of thiazole rings is 1. The predicted octanol–water partition coefficient (Wildman–Crippen LogP) is 2.67. The highest BCUT2D eigenvalue weighted by molar-refractivity contribution is 7.91. The lowest BCUT2D eigenvalue weighted by molar-refractivity contribution is -0.129. The molecule has 2 aliphatic rings. The fourth-order valence-corrected chi connectivity index (χ4v) is 6.73. The minimum Gasteiger partial charge on any atom is -0.338 e. The van der Waals surface area contributed by atoms with Crippen LogP contribution in [0.2, 0.25) is 5.02 Å². The molecular formula is C20H22ClN3O4S2. The molecule has 0 aliphatic carbocycles. The zero-order valence-electron chi connectivity index (χ0n) is 16.4. The molecule has 0 radical (unpaired) electrons. The minimum atomic E-state index is -3.08. The number of rotatable bonds is 5. The lowest BCUT2D eigenvalue weighted by atomic mass is 10.1. The molecule has 2 aliphatic heterocycles. The second-order valence-corrected chi connectivity index (χ2v) is 11.6. The third kappa shape index (κ3) is 4.53. The van der Waals surface area contributed by atoms with Crippen molar-refractivity contribution in [3.05, 3.63) is 45.4 Å². The van der Waals surface area contributed by atoms with Gasteiger partial charge in [-0.2, -0.15) is 0 Å². The van der Waals surface area contributed by atoms with Gasteiger partial charge < -0.3 is 10.2 Å². The van der Waals surface area contributed by atoms with Crippen molar-refractivity contribution in [1.29, 1.82) is 0 Å². The predicted molar refractivity (Wildman–Crippen MR) is 117 cm³/mol. The van der Waals surface area contributed by atoms with E-state index in [0.29, 0.717) is 18.0 Å². The van der Waals surface area contributed by atoms with Crippen molar-refractivity contribution in [3.8, 4) is 0 Å². The molecular weight excluding hydrogens is 446 g/mol. The van der Waals surface area contributed by atoms with E-state index < -0.39 is 15.8 Å². The maximum absolute atomic E-state index is 12.7. The van der Waals surface area contributed by atoms with Crippen LogP contribution in [-0.4, -0.2) is 54.2 Å². The Morgan fingerprint density at radius 2 is 2.20 bits per heavy atom. The van der Waals surface area contributed by atoms with Gasteiger partial charge in [0, 0.05) is 41.5 Å². The number of anilines is 1. The van der Waals surface area contributed by atoms with Gasteiger partial charge in [0.25, 0.3) is 0 Å². The van der Waals surface area contributed by atoms with Crippen molar-refractivity contribution >= 4 is 49.7 Å². The maximum atomic E-state index is 12.7. The van der Waals surface area contributed by atoms with Gasteiger partial charge in [-0.05, 0) is 24.5 Å². The lowest BCUT2D eigenvalue weighted by Gasteiger charge is -2.22. The van der Waals surface area contributed by atoms with Crippen molar-refractivity contribution in [3.63, 3.8) is 0 Å². The van der Waals surface area contributed by atoms with E-state index in [1.165, 1.54) is 11.3 Å². The smallest absolute Gasteiger partial charge is 0.231 e. The summed E-state index contributed by atoms with van der Waals surface area (Å²) in [5.74, 6) is -0.831. The number of sulfone groups is 1. The summed E-state index contributed by atoms with van der Waals surface area (Å²) in [5, 5.41) is 4.01. The van der Waals surface area contributed by atoms with Gasteiger partial charge in [-0.15, -0.1) is 11.3 Å². The Labute approximate surface area is 184 Å². The third-order valence-corrected chi connectivity index (χ3v) is 8.80. The Morgan fingerprint density at radius 3 is 2.93 bits per heavy atom. The normalized spacial score (nSPS) is 23.1. The third-order valence-electron chi connectivity index (χ3n) is 5.60. The second kappa shape index (κ2) is 8.28. The Morgan fingerprint density at radius 1 is 1.40 bits per heavy atom. The first-order valence-corrected chi connectivity index (χ1v) is 12.7. The summed E-state index contributed by atoms with van der Waals surface area (Å²) in [7, 11) is -3.08. The highest BCUT2D eigenvalue weighted by Crippen LogP contribution is 2.29. The summed E-state index contributed by atoms with van der Waals surface area (Å²) in [5.41, 5.74) is 2.01. The van der Waals surface area contributed by atoms with Gasteiger partial charge in [0.2, 0.25) is 11.8 Å². The van der Waals surface area contributed by atoms with E-state index in [0.717, 1.165) is 21.0 Å². The molecule has 7 nitrogen and oxygen atoms in total. The maximum Gasteiger partial charge on any atom is 0.231 e. The fraction of sp³-hybridized carbons (Fsp3) is 0.450. The standard InChI is InChI=1S/C20H22ClN3O4S2/c1-12-3-2-4-13(18(12)21)7-16-9-22-20(29-16)23-19(26)14-8-17(25)24(10-14)15-5-6-30(27,28)11-15/h2-4,9,14-15H,5-8,10-11H2,1H3,(H,22,23,26). The lowest BCUT2D eigenvalue weighted by Crippen LogP contribution is -2.38. The Kier molecular flexibility index (Phi) is 5.87. The van der Waals surface area contributed by atoms with Crippen molar-refractivity contribution < 1.29 is 18.0 Å². The van der Waals surface area contributed by atoms with Gasteiger partial charge in [-0.1, -0.05) is 29.8 Å². The second-order valence-electron chi connectivity index (χ2n) is 7.85. The molecule has 160 valence electrons. The van der Waals surface area contributed by atoms with Crippen LogP contribution < -0.4 is 5.32 Å². The number of amides is 2. The molecule has 1 aromatic carbocycles. The Balaban J connectivity index is 1.37. The van der Waals surface area contributed by atoms with Crippen molar-refractivity contribution in [2.75, 3.05) is 23.4 Å². The van der Waals surface area contributed by atoms with E-state index >= 15 is 0 Å². The average Bonchev–Trinajstić information content (AvgIpc) is 3.38. The van der Waals surface area contributed by atoms with E-state index in [2.05, 4.69) is 10.3 Å². The number of benzene rings is 1. The number of aromatic nitrogens is 1. The number of halogens is 1. The molecule has 2 atom stereocenters. The van der Waals surface area contributed by atoms with Gasteiger partial charge in [0.1, 0.15) is 0 Å². The molecule has 0 saturated carbocycles. The highest BCUT2D eigenvalue weighted by atomic mass is 35.5. The molecule has 2 amide bonds. The summed E-state index contributed by atoms with van der Waals surface area (Å²) < 4.78 is 23.4. The summed E-state index contributed by atoms with van der Waals surface area (Å²) in [6, 6.07) is 5.57. The van der Waals surface area contributed by atoms with E-state index in [-0.39, 0.29) is 42.3 Å². The van der Waals surface area contributed by atoms with E-state index in [4.69, 9.17) is 11.6 Å². The van der Waals surface area contributed by atoms with Crippen LogP contribution in [-0.2, 0) is 25.8 Å².